The zero-order valence-corrected chi connectivity index (χ0v) is 18.2. The molecule has 0 aliphatic carbocycles. The van der Waals surface area contributed by atoms with Gasteiger partial charge in [-0.3, -0.25) is 9.59 Å². The molecular weight excluding hydrogens is 447 g/mol. The zero-order valence-electron chi connectivity index (χ0n) is 18.2. The summed E-state index contributed by atoms with van der Waals surface area (Å²) in [7, 11) is 0. The van der Waals surface area contributed by atoms with Crippen LogP contribution in [0.1, 0.15) is 21.5 Å². The van der Waals surface area contributed by atoms with Gasteiger partial charge < -0.3 is 36.2 Å². The van der Waals surface area contributed by atoms with Gasteiger partial charge in [0, 0.05) is 12.1 Å². The first kappa shape index (κ1) is 25.8. The van der Waals surface area contributed by atoms with Gasteiger partial charge in [-0.05, 0) is 66.9 Å². The normalized spacial score (nSPS) is 10.1. The molecule has 0 heterocycles. The molecule has 7 N–H and O–H groups in total. The Morgan fingerprint density at radius 1 is 0.765 bits per heavy atom. The fraction of sp³-hybridized carbons (Fsp3) is 0.167. The van der Waals surface area contributed by atoms with E-state index in [1.807, 2.05) is 0 Å². The molecule has 0 aliphatic heterocycles. The Labute approximate surface area is 194 Å². The highest BCUT2D eigenvalue weighted by Gasteiger charge is 2.10. The van der Waals surface area contributed by atoms with Crippen LogP contribution in [0.15, 0.2) is 54.6 Å². The number of amides is 2. The smallest absolute Gasteiger partial charge is 0.251 e. The summed E-state index contributed by atoms with van der Waals surface area (Å²) >= 11 is 0. The molecule has 9 nitrogen and oxygen atoms in total. The van der Waals surface area contributed by atoms with E-state index in [0.717, 1.165) is 17.2 Å². The van der Waals surface area contributed by atoms with Gasteiger partial charge in [0.2, 0.25) is 5.91 Å². The van der Waals surface area contributed by atoms with Crippen LogP contribution in [0.5, 0.6) is 28.7 Å². The van der Waals surface area contributed by atoms with E-state index in [9.17, 15) is 34.4 Å². The fourth-order valence-corrected chi connectivity index (χ4v) is 2.67. The summed E-state index contributed by atoms with van der Waals surface area (Å²) in [6.45, 7) is 1.81. The van der Waals surface area contributed by atoms with E-state index in [2.05, 4.69) is 10.6 Å². The van der Waals surface area contributed by atoms with Crippen LogP contribution in [0.2, 0.25) is 0 Å². The van der Waals surface area contributed by atoms with E-state index in [0.29, 0.717) is 13.0 Å². The molecule has 0 aromatic heterocycles. The molecule has 2 amide bonds. The van der Waals surface area contributed by atoms with E-state index < -0.39 is 23.4 Å². The van der Waals surface area contributed by atoms with E-state index in [1.54, 1.807) is 19.1 Å². The Bertz CT molecular complexity index is 1170. The third-order valence-corrected chi connectivity index (χ3v) is 4.53. The molecule has 0 radical (unpaired) electrons. The summed E-state index contributed by atoms with van der Waals surface area (Å²) < 4.78 is 12.3. The van der Waals surface area contributed by atoms with Gasteiger partial charge in [0.05, 0.1) is 6.54 Å². The molecule has 0 spiro atoms. The van der Waals surface area contributed by atoms with Crippen molar-refractivity contribution in [3.05, 3.63) is 77.1 Å². The van der Waals surface area contributed by atoms with Crippen molar-refractivity contribution in [2.24, 2.45) is 0 Å². The SMILES string of the molecule is Cc1ccc(O)c(F)c1.O=C(CNC(=O)c1ccc(O)c(O)c1)NCCc1ccc(O)c(O)c1. The van der Waals surface area contributed by atoms with Crippen LogP contribution in [0, 0.1) is 12.7 Å². The van der Waals surface area contributed by atoms with E-state index >= 15 is 0 Å². The molecule has 0 saturated carbocycles. The molecule has 34 heavy (non-hydrogen) atoms. The number of carbonyl (C=O) groups excluding carboxylic acids is 2. The highest BCUT2D eigenvalue weighted by Crippen LogP contribution is 2.25. The first-order valence-corrected chi connectivity index (χ1v) is 10.1. The molecule has 0 aliphatic rings. The number of hydrogen-bond donors (Lipinski definition) is 7. The summed E-state index contributed by atoms with van der Waals surface area (Å²) in [6.07, 6.45) is 0.444. The van der Waals surface area contributed by atoms with Crippen molar-refractivity contribution < 1.29 is 39.5 Å². The number of aryl methyl sites for hydroxylation is 1. The van der Waals surface area contributed by atoms with Gasteiger partial charge in [0.25, 0.3) is 5.91 Å². The zero-order chi connectivity index (χ0) is 25.3. The summed E-state index contributed by atoms with van der Waals surface area (Å²) in [5.41, 5.74) is 1.66. The minimum absolute atomic E-state index is 0.114. The largest absolute Gasteiger partial charge is 0.505 e. The van der Waals surface area contributed by atoms with Crippen LogP contribution >= 0.6 is 0 Å². The number of aromatic hydroxyl groups is 5. The molecule has 0 saturated heterocycles. The lowest BCUT2D eigenvalue weighted by Gasteiger charge is -2.08. The van der Waals surface area contributed by atoms with Gasteiger partial charge in [-0.2, -0.15) is 0 Å². The number of halogens is 1. The minimum Gasteiger partial charge on any atom is -0.505 e. The van der Waals surface area contributed by atoms with Crippen LogP contribution in [-0.2, 0) is 11.2 Å². The predicted octanol–water partition coefficient (Wildman–Crippen LogP) is 2.44. The quantitative estimate of drug-likeness (QED) is 0.271. The van der Waals surface area contributed by atoms with Crippen LogP contribution in [0.3, 0.4) is 0 Å². The van der Waals surface area contributed by atoms with E-state index in [4.69, 9.17) is 5.11 Å². The Kier molecular flexibility index (Phi) is 9.07. The number of phenols is 5. The summed E-state index contributed by atoms with van der Waals surface area (Å²) in [6, 6.07) is 12.3. The van der Waals surface area contributed by atoms with Crippen LogP contribution < -0.4 is 10.6 Å². The van der Waals surface area contributed by atoms with Crippen molar-refractivity contribution >= 4 is 11.8 Å². The number of nitrogens with one attached hydrogen (secondary N) is 2. The Morgan fingerprint density at radius 2 is 1.38 bits per heavy atom. The second-order valence-corrected chi connectivity index (χ2v) is 7.26. The maximum Gasteiger partial charge on any atom is 0.251 e. The van der Waals surface area contributed by atoms with E-state index in [-0.39, 0.29) is 35.1 Å². The summed E-state index contributed by atoms with van der Waals surface area (Å²) in [4.78, 5) is 23.5. The van der Waals surface area contributed by atoms with Gasteiger partial charge >= 0.3 is 0 Å². The maximum absolute atomic E-state index is 12.3. The lowest BCUT2D eigenvalue weighted by atomic mass is 10.1. The topological polar surface area (TPSA) is 159 Å². The van der Waals surface area contributed by atoms with Crippen molar-refractivity contribution in [1.82, 2.24) is 10.6 Å². The first-order chi connectivity index (χ1) is 16.1. The number of phenolic OH excluding ortho intramolecular Hbond substituents is 5. The van der Waals surface area contributed by atoms with Crippen LogP contribution in [0.4, 0.5) is 4.39 Å². The number of benzene rings is 3. The van der Waals surface area contributed by atoms with Gasteiger partial charge in [0.15, 0.2) is 34.6 Å². The van der Waals surface area contributed by atoms with Gasteiger partial charge in [-0.1, -0.05) is 12.1 Å². The molecule has 3 rings (SSSR count). The second-order valence-electron chi connectivity index (χ2n) is 7.26. The third-order valence-electron chi connectivity index (χ3n) is 4.53. The summed E-state index contributed by atoms with van der Waals surface area (Å²) in [5.74, 6) is -3.02. The molecule has 3 aromatic carbocycles. The van der Waals surface area contributed by atoms with Gasteiger partial charge in [-0.25, -0.2) is 4.39 Å². The molecule has 10 heteroatoms. The van der Waals surface area contributed by atoms with Crippen molar-refractivity contribution in [2.45, 2.75) is 13.3 Å². The lowest BCUT2D eigenvalue weighted by molar-refractivity contribution is -0.120. The molecular formula is C24H25FN2O7. The van der Waals surface area contributed by atoms with Crippen LogP contribution in [0.25, 0.3) is 0 Å². The number of hydrogen-bond acceptors (Lipinski definition) is 7. The molecule has 0 bridgehead atoms. The molecule has 180 valence electrons. The van der Waals surface area contributed by atoms with E-state index in [1.165, 1.54) is 36.4 Å². The minimum atomic E-state index is -0.561. The molecule has 0 atom stereocenters. The fourth-order valence-electron chi connectivity index (χ4n) is 2.67. The van der Waals surface area contributed by atoms with Gasteiger partial charge in [-0.15, -0.1) is 0 Å². The third kappa shape index (κ3) is 7.90. The average molecular weight is 472 g/mol. The second kappa shape index (κ2) is 12.0. The first-order valence-electron chi connectivity index (χ1n) is 10.1. The Morgan fingerprint density at radius 3 is 1.97 bits per heavy atom. The Hall–Kier alpha value is -4.47. The highest BCUT2D eigenvalue weighted by molar-refractivity contribution is 5.97. The highest BCUT2D eigenvalue weighted by atomic mass is 19.1. The Balaban J connectivity index is 0.000000379. The van der Waals surface area contributed by atoms with Gasteiger partial charge in [0.1, 0.15) is 0 Å². The number of rotatable bonds is 6. The summed E-state index contributed by atoms with van der Waals surface area (Å²) in [5, 5.41) is 50.8. The molecule has 3 aromatic rings. The molecule has 0 fully saturated rings. The number of carbonyl (C=O) groups is 2. The lowest BCUT2D eigenvalue weighted by Crippen LogP contribution is -2.37. The van der Waals surface area contributed by atoms with Crippen molar-refractivity contribution in [2.75, 3.05) is 13.1 Å². The van der Waals surface area contributed by atoms with Crippen molar-refractivity contribution in [3.63, 3.8) is 0 Å². The maximum atomic E-state index is 12.3. The predicted molar refractivity (Wildman–Crippen MR) is 121 cm³/mol. The van der Waals surface area contributed by atoms with Crippen molar-refractivity contribution in [1.29, 1.82) is 0 Å². The standard InChI is InChI=1S/C17H18N2O6.C7H7FO/c20-12-3-1-10(7-14(12)22)5-6-18-16(24)9-19-17(25)11-2-4-13(21)15(23)8-11;1-5-2-3-7(9)6(8)4-5/h1-4,7-8,20-23H,5-6,9H2,(H,18,24)(H,19,25);2-4,9H,1H3. The van der Waals surface area contributed by atoms with Crippen LogP contribution in [-0.4, -0.2) is 50.4 Å². The molecule has 0 unspecified atom stereocenters. The monoisotopic (exact) mass is 472 g/mol. The van der Waals surface area contributed by atoms with Crippen molar-refractivity contribution in [3.8, 4) is 28.7 Å². The average Bonchev–Trinajstić information content (AvgIpc) is 2.79.